The molecule has 2 aromatic rings. The van der Waals surface area contributed by atoms with Gasteiger partial charge in [0, 0.05) is 25.5 Å². The molecule has 0 spiro atoms. The second kappa shape index (κ2) is 4.62. The van der Waals surface area contributed by atoms with E-state index < -0.39 is 5.97 Å². The van der Waals surface area contributed by atoms with Gasteiger partial charge in [-0.1, -0.05) is 0 Å². The molecule has 1 N–H and O–H groups in total. The van der Waals surface area contributed by atoms with Crippen molar-refractivity contribution in [1.29, 1.82) is 0 Å². The maximum absolute atomic E-state index is 13.1. The van der Waals surface area contributed by atoms with Gasteiger partial charge in [0.2, 0.25) is 0 Å². The Hall–Kier alpha value is -1.95. The number of likely N-dealkylation sites (tertiary alicyclic amines) is 1. The summed E-state index contributed by atoms with van der Waals surface area (Å²) in [6, 6.07) is 3.01. The smallest absolute Gasteiger partial charge is 0.307 e. The Bertz CT molecular complexity index is 625. The number of fused-ring (bicyclic) bond motifs is 1. The average molecular weight is 263 g/mol. The lowest BCUT2D eigenvalue weighted by Gasteiger charge is -2.12. The molecule has 0 unspecified atom stereocenters. The van der Waals surface area contributed by atoms with Crippen LogP contribution < -0.4 is 0 Å². The highest BCUT2D eigenvalue weighted by molar-refractivity contribution is 5.70. The van der Waals surface area contributed by atoms with Crippen LogP contribution in [0, 0.1) is 11.7 Å². The van der Waals surface area contributed by atoms with E-state index in [1.807, 2.05) is 0 Å². The Morgan fingerprint density at radius 3 is 3.05 bits per heavy atom. The van der Waals surface area contributed by atoms with Crippen LogP contribution in [0.15, 0.2) is 24.5 Å². The summed E-state index contributed by atoms with van der Waals surface area (Å²) in [5.41, 5.74) is 1.53. The number of carboxylic acid groups (broad SMARTS) is 1. The standard InChI is InChI=1S/C13H14FN3O2/c14-10-1-2-12-15-11(8-17(12)6-10)7-16-4-3-9(5-16)13(18)19/h1-2,6,8-9H,3-5,7H2,(H,18,19)/t9-/m0/s1. The summed E-state index contributed by atoms with van der Waals surface area (Å²) in [5.74, 6) is -1.32. The molecule has 6 heteroatoms. The first-order chi connectivity index (χ1) is 9.11. The van der Waals surface area contributed by atoms with Crippen molar-refractivity contribution >= 4 is 11.6 Å². The number of aromatic nitrogens is 2. The van der Waals surface area contributed by atoms with Gasteiger partial charge in [-0.2, -0.15) is 0 Å². The van der Waals surface area contributed by atoms with E-state index in [0.717, 1.165) is 12.2 Å². The Balaban J connectivity index is 1.73. The molecule has 5 nitrogen and oxygen atoms in total. The zero-order valence-corrected chi connectivity index (χ0v) is 10.3. The topological polar surface area (TPSA) is 57.8 Å². The molecule has 0 amide bonds. The SMILES string of the molecule is O=C(O)[C@H]1CCN(Cc2cn3cc(F)ccc3n2)C1. The van der Waals surface area contributed by atoms with Gasteiger partial charge in [-0.3, -0.25) is 9.69 Å². The molecule has 1 saturated heterocycles. The number of hydrogen-bond acceptors (Lipinski definition) is 3. The van der Waals surface area contributed by atoms with Crippen LogP contribution in [0.2, 0.25) is 0 Å². The molecule has 100 valence electrons. The Kier molecular flexibility index (Phi) is 2.94. The van der Waals surface area contributed by atoms with E-state index in [1.54, 1.807) is 16.7 Å². The van der Waals surface area contributed by atoms with Crippen LogP contribution in [0.25, 0.3) is 5.65 Å². The number of rotatable bonds is 3. The summed E-state index contributed by atoms with van der Waals surface area (Å²) in [4.78, 5) is 17.4. The Labute approximate surface area is 109 Å². The summed E-state index contributed by atoms with van der Waals surface area (Å²) in [7, 11) is 0. The Morgan fingerprint density at radius 2 is 2.32 bits per heavy atom. The van der Waals surface area contributed by atoms with Gasteiger partial charge >= 0.3 is 5.97 Å². The van der Waals surface area contributed by atoms with E-state index in [4.69, 9.17) is 5.11 Å². The number of nitrogens with zero attached hydrogens (tertiary/aromatic N) is 3. The van der Waals surface area contributed by atoms with Crippen LogP contribution in [0.1, 0.15) is 12.1 Å². The van der Waals surface area contributed by atoms with Gasteiger partial charge in [0.25, 0.3) is 0 Å². The van der Waals surface area contributed by atoms with Crippen molar-refractivity contribution in [3.8, 4) is 0 Å². The predicted octanol–water partition coefficient (Wildman–Crippen LogP) is 1.38. The zero-order chi connectivity index (χ0) is 13.4. The van der Waals surface area contributed by atoms with Gasteiger partial charge < -0.3 is 9.51 Å². The van der Waals surface area contributed by atoms with Crippen molar-refractivity contribution in [2.75, 3.05) is 13.1 Å². The van der Waals surface area contributed by atoms with Crippen LogP contribution in [0.3, 0.4) is 0 Å². The molecule has 3 heterocycles. The number of imidazole rings is 1. The third-order valence-corrected chi connectivity index (χ3v) is 3.47. The van der Waals surface area contributed by atoms with E-state index in [0.29, 0.717) is 25.2 Å². The fourth-order valence-electron chi connectivity index (χ4n) is 2.50. The molecule has 3 rings (SSSR count). The van der Waals surface area contributed by atoms with Crippen molar-refractivity contribution in [2.24, 2.45) is 5.92 Å². The second-order valence-corrected chi connectivity index (χ2v) is 4.90. The molecule has 1 atom stereocenters. The minimum atomic E-state index is -0.737. The number of halogens is 1. The molecule has 0 radical (unpaired) electrons. The van der Waals surface area contributed by atoms with Crippen molar-refractivity contribution in [2.45, 2.75) is 13.0 Å². The molecule has 1 fully saturated rings. The van der Waals surface area contributed by atoms with E-state index in [2.05, 4.69) is 9.88 Å². The zero-order valence-electron chi connectivity index (χ0n) is 10.3. The first-order valence-corrected chi connectivity index (χ1v) is 6.20. The van der Waals surface area contributed by atoms with E-state index in [1.165, 1.54) is 12.3 Å². The number of aliphatic carboxylic acids is 1. The monoisotopic (exact) mass is 263 g/mol. The highest BCUT2D eigenvalue weighted by atomic mass is 19.1. The number of carbonyl (C=O) groups is 1. The van der Waals surface area contributed by atoms with Gasteiger partial charge in [0.1, 0.15) is 11.5 Å². The van der Waals surface area contributed by atoms with Crippen LogP contribution in [0.4, 0.5) is 4.39 Å². The largest absolute Gasteiger partial charge is 0.481 e. The minimum absolute atomic E-state index is 0.283. The van der Waals surface area contributed by atoms with Crippen molar-refractivity contribution in [1.82, 2.24) is 14.3 Å². The summed E-state index contributed by atoms with van der Waals surface area (Å²) < 4.78 is 14.7. The van der Waals surface area contributed by atoms with Crippen LogP contribution in [-0.4, -0.2) is 38.4 Å². The number of carboxylic acids is 1. The molecule has 0 bridgehead atoms. The maximum atomic E-state index is 13.1. The van der Waals surface area contributed by atoms with E-state index >= 15 is 0 Å². The molecule has 0 saturated carbocycles. The first kappa shape index (κ1) is 12.1. The van der Waals surface area contributed by atoms with Gasteiger partial charge in [-0.05, 0) is 25.1 Å². The summed E-state index contributed by atoms with van der Waals surface area (Å²) in [5, 5.41) is 8.95. The molecule has 2 aromatic heterocycles. The third kappa shape index (κ3) is 2.44. The summed E-state index contributed by atoms with van der Waals surface area (Å²) in [6.07, 6.45) is 3.85. The highest BCUT2D eigenvalue weighted by Gasteiger charge is 2.28. The lowest BCUT2D eigenvalue weighted by atomic mass is 10.1. The fourth-order valence-corrected chi connectivity index (χ4v) is 2.50. The molecule has 1 aliphatic rings. The van der Waals surface area contributed by atoms with Crippen molar-refractivity contribution in [3.05, 3.63) is 36.0 Å². The molecule has 0 aromatic carbocycles. The van der Waals surface area contributed by atoms with Crippen LogP contribution in [-0.2, 0) is 11.3 Å². The summed E-state index contributed by atoms with van der Waals surface area (Å²) in [6.45, 7) is 1.92. The molecular weight excluding hydrogens is 249 g/mol. The Morgan fingerprint density at radius 1 is 1.47 bits per heavy atom. The molecule has 19 heavy (non-hydrogen) atoms. The minimum Gasteiger partial charge on any atom is -0.481 e. The van der Waals surface area contributed by atoms with Gasteiger partial charge in [-0.25, -0.2) is 9.37 Å². The van der Waals surface area contributed by atoms with E-state index in [9.17, 15) is 9.18 Å². The van der Waals surface area contributed by atoms with Crippen molar-refractivity contribution in [3.63, 3.8) is 0 Å². The summed E-state index contributed by atoms with van der Waals surface area (Å²) >= 11 is 0. The fraction of sp³-hybridized carbons (Fsp3) is 0.385. The molecule has 0 aliphatic carbocycles. The van der Waals surface area contributed by atoms with Gasteiger partial charge in [0.05, 0.1) is 11.6 Å². The average Bonchev–Trinajstić information content (AvgIpc) is 2.95. The highest BCUT2D eigenvalue weighted by Crippen LogP contribution is 2.18. The lowest BCUT2D eigenvalue weighted by molar-refractivity contribution is -0.141. The lowest BCUT2D eigenvalue weighted by Crippen LogP contribution is -2.22. The number of hydrogen-bond donors (Lipinski definition) is 1. The van der Waals surface area contributed by atoms with Crippen LogP contribution in [0.5, 0.6) is 0 Å². The normalized spacial score (nSPS) is 20.2. The number of pyridine rings is 1. The van der Waals surface area contributed by atoms with Gasteiger partial charge in [-0.15, -0.1) is 0 Å². The maximum Gasteiger partial charge on any atom is 0.307 e. The molecular formula is C13H14FN3O2. The van der Waals surface area contributed by atoms with Crippen LogP contribution >= 0.6 is 0 Å². The molecule has 1 aliphatic heterocycles. The predicted molar refractivity (Wildman–Crippen MR) is 66.2 cm³/mol. The first-order valence-electron chi connectivity index (χ1n) is 6.20. The van der Waals surface area contributed by atoms with Gasteiger partial charge in [0.15, 0.2) is 0 Å². The third-order valence-electron chi connectivity index (χ3n) is 3.47. The quantitative estimate of drug-likeness (QED) is 0.909. The second-order valence-electron chi connectivity index (χ2n) is 4.90. The van der Waals surface area contributed by atoms with E-state index in [-0.39, 0.29) is 11.7 Å². The van der Waals surface area contributed by atoms with Crippen molar-refractivity contribution < 1.29 is 14.3 Å².